The number of carbonyl (C=O) groups is 1. The van der Waals surface area contributed by atoms with Crippen LogP contribution in [0.2, 0.25) is 0 Å². The van der Waals surface area contributed by atoms with Crippen LogP contribution < -0.4 is 9.64 Å². The lowest BCUT2D eigenvalue weighted by molar-refractivity contribution is -0.142. The predicted octanol–water partition coefficient (Wildman–Crippen LogP) is 4.16. The van der Waals surface area contributed by atoms with Gasteiger partial charge in [-0.15, -0.1) is 0 Å². The molecule has 0 unspecified atom stereocenters. The molecule has 0 spiro atoms. The van der Waals surface area contributed by atoms with Gasteiger partial charge in [0.2, 0.25) is 0 Å². The molecule has 0 saturated carbocycles. The third-order valence-corrected chi connectivity index (χ3v) is 4.99. The number of fused-ring (bicyclic) bond motifs is 1. The van der Waals surface area contributed by atoms with Gasteiger partial charge in [0, 0.05) is 25.1 Å². The molecule has 1 aliphatic rings. The smallest absolute Gasteiger partial charge is 0.408 e. The fourth-order valence-corrected chi connectivity index (χ4v) is 3.67. The van der Waals surface area contributed by atoms with E-state index in [4.69, 9.17) is 9.47 Å². The quantitative estimate of drug-likeness (QED) is 0.470. The van der Waals surface area contributed by atoms with Gasteiger partial charge in [-0.25, -0.2) is 13.8 Å². The minimum Gasteiger partial charge on any atom is -0.486 e. The summed E-state index contributed by atoms with van der Waals surface area (Å²) in [6.45, 7) is -0.424. The first-order valence-electron chi connectivity index (χ1n) is 9.91. The van der Waals surface area contributed by atoms with Crippen LogP contribution in [0.1, 0.15) is 27.8 Å². The summed E-state index contributed by atoms with van der Waals surface area (Å²) in [7, 11) is 1.34. The van der Waals surface area contributed by atoms with E-state index in [1.54, 1.807) is 13.0 Å². The van der Waals surface area contributed by atoms with Gasteiger partial charge in [0.15, 0.2) is 6.23 Å². The number of nitrogens with zero attached hydrogens (tertiary/aromatic N) is 5. The zero-order chi connectivity index (χ0) is 24.6. The summed E-state index contributed by atoms with van der Waals surface area (Å²) in [5, 5.41) is 3.69. The molecule has 0 aliphatic carbocycles. The number of rotatable bonds is 7. The molecule has 180 valence electrons. The molecule has 0 aromatic carbocycles. The number of methoxy groups -OCH3 is 1. The Labute approximate surface area is 189 Å². The van der Waals surface area contributed by atoms with Gasteiger partial charge in [-0.05, 0) is 24.6 Å². The predicted molar refractivity (Wildman–Crippen MR) is 109 cm³/mol. The van der Waals surface area contributed by atoms with Gasteiger partial charge in [-0.2, -0.15) is 18.3 Å². The number of hydrogen-bond acceptors (Lipinski definition) is 6. The van der Waals surface area contributed by atoms with Crippen molar-refractivity contribution in [3.05, 3.63) is 53.7 Å². The third-order valence-electron chi connectivity index (χ3n) is 4.99. The van der Waals surface area contributed by atoms with Crippen molar-refractivity contribution in [2.45, 2.75) is 32.3 Å². The van der Waals surface area contributed by atoms with Crippen LogP contribution in [0.3, 0.4) is 0 Å². The van der Waals surface area contributed by atoms with E-state index in [9.17, 15) is 26.7 Å². The number of carbonyl (C=O) groups excluding carboxylic acids is 1. The second kappa shape index (κ2) is 8.97. The number of aryl methyl sites for hydroxylation is 1. The van der Waals surface area contributed by atoms with E-state index in [2.05, 4.69) is 15.1 Å². The Hall–Kier alpha value is -3.61. The molecular weight excluding hydrogens is 465 g/mol. The Morgan fingerprint density at radius 2 is 1.94 bits per heavy atom. The summed E-state index contributed by atoms with van der Waals surface area (Å²) in [5.41, 5.74) is 1.99. The maximum Gasteiger partial charge on any atom is 0.408 e. The molecule has 0 saturated heterocycles. The number of amides is 1. The molecule has 0 fully saturated rings. The zero-order valence-electron chi connectivity index (χ0n) is 17.9. The van der Waals surface area contributed by atoms with Crippen LogP contribution in [0, 0.1) is 6.92 Å². The first-order chi connectivity index (χ1) is 16.1. The monoisotopic (exact) mass is 483 g/mol. The van der Waals surface area contributed by atoms with Crippen molar-refractivity contribution >= 4 is 11.6 Å². The maximum absolute atomic E-state index is 13.2. The summed E-state index contributed by atoms with van der Waals surface area (Å²) in [6.07, 6.45) is -3.15. The van der Waals surface area contributed by atoms with Gasteiger partial charge < -0.3 is 9.47 Å². The van der Waals surface area contributed by atoms with Crippen LogP contribution in [0.5, 0.6) is 5.75 Å². The minimum absolute atomic E-state index is 0.115. The maximum atomic E-state index is 13.2. The van der Waals surface area contributed by atoms with E-state index in [0.29, 0.717) is 21.5 Å². The van der Waals surface area contributed by atoms with Crippen molar-refractivity contribution in [2.24, 2.45) is 0 Å². The average molecular weight is 483 g/mol. The van der Waals surface area contributed by atoms with E-state index in [0.717, 1.165) is 12.4 Å². The van der Waals surface area contributed by atoms with Gasteiger partial charge in [0.05, 0.1) is 29.3 Å². The molecule has 0 N–H and O–H groups in total. The lowest BCUT2D eigenvalue weighted by atomic mass is 10.0. The van der Waals surface area contributed by atoms with E-state index in [1.165, 1.54) is 30.5 Å². The van der Waals surface area contributed by atoms with Crippen molar-refractivity contribution in [3.8, 4) is 17.0 Å². The number of anilines is 1. The van der Waals surface area contributed by atoms with E-state index in [-0.39, 0.29) is 22.7 Å². The molecule has 34 heavy (non-hydrogen) atoms. The summed E-state index contributed by atoms with van der Waals surface area (Å²) in [4.78, 5) is 22.9. The first-order valence-corrected chi connectivity index (χ1v) is 9.91. The van der Waals surface area contributed by atoms with Gasteiger partial charge in [-0.3, -0.25) is 19.4 Å². The molecule has 4 heterocycles. The van der Waals surface area contributed by atoms with Gasteiger partial charge >= 0.3 is 6.18 Å². The molecule has 0 radical (unpaired) electrons. The largest absolute Gasteiger partial charge is 0.486 e. The SMILES string of the molecule is CO[C@H]1c2nc(-c3cncc(OCC(F)F)c3)cc(C)c2C(=O)N1c1cnn(CC(F)(F)F)c1. The minimum atomic E-state index is -4.48. The first kappa shape index (κ1) is 23.5. The van der Waals surface area contributed by atoms with Crippen molar-refractivity contribution in [1.82, 2.24) is 19.7 Å². The summed E-state index contributed by atoms with van der Waals surface area (Å²) >= 11 is 0. The second-order valence-electron chi connectivity index (χ2n) is 7.47. The van der Waals surface area contributed by atoms with Gasteiger partial charge in [0.1, 0.15) is 24.6 Å². The molecular formula is C21H18F5N5O3. The van der Waals surface area contributed by atoms with E-state index < -0.39 is 37.9 Å². The Morgan fingerprint density at radius 1 is 1.18 bits per heavy atom. The molecule has 4 rings (SSSR count). The normalized spacial score (nSPS) is 15.8. The number of pyridine rings is 2. The van der Waals surface area contributed by atoms with Gasteiger partial charge in [0.25, 0.3) is 12.3 Å². The topological polar surface area (TPSA) is 82.4 Å². The van der Waals surface area contributed by atoms with Crippen molar-refractivity contribution in [1.29, 1.82) is 0 Å². The number of hydrogen-bond donors (Lipinski definition) is 0. The highest BCUT2D eigenvalue weighted by Gasteiger charge is 2.42. The van der Waals surface area contributed by atoms with Crippen molar-refractivity contribution in [2.75, 3.05) is 18.6 Å². The molecule has 1 amide bonds. The summed E-state index contributed by atoms with van der Waals surface area (Å²) in [6, 6.07) is 3.11. The second-order valence-corrected chi connectivity index (χ2v) is 7.47. The van der Waals surface area contributed by atoms with E-state index >= 15 is 0 Å². The number of halogens is 5. The lowest BCUT2D eigenvalue weighted by Crippen LogP contribution is -2.28. The van der Waals surface area contributed by atoms with Gasteiger partial charge in [-0.1, -0.05) is 0 Å². The third kappa shape index (κ3) is 4.69. The lowest BCUT2D eigenvalue weighted by Gasteiger charge is -2.21. The number of alkyl halides is 5. The van der Waals surface area contributed by atoms with Crippen molar-refractivity contribution in [3.63, 3.8) is 0 Å². The van der Waals surface area contributed by atoms with Crippen LogP contribution in [0.15, 0.2) is 36.9 Å². The van der Waals surface area contributed by atoms with Crippen LogP contribution >= 0.6 is 0 Å². The zero-order valence-corrected chi connectivity index (χ0v) is 17.9. The van der Waals surface area contributed by atoms with Crippen LogP contribution in [0.4, 0.5) is 27.6 Å². The molecule has 0 bridgehead atoms. The average Bonchev–Trinajstić information content (AvgIpc) is 3.32. The highest BCUT2D eigenvalue weighted by Crippen LogP contribution is 2.39. The Kier molecular flexibility index (Phi) is 6.21. The molecule has 3 aromatic heterocycles. The fourth-order valence-electron chi connectivity index (χ4n) is 3.67. The molecule has 13 heteroatoms. The highest BCUT2D eigenvalue weighted by atomic mass is 19.4. The Bertz CT molecular complexity index is 1210. The van der Waals surface area contributed by atoms with Crippen LogP contribution in [-0.4, -0.2) is 52.0 Å². The number of ether oxygens (including phenoxy) is 2. The Balaban J connectivity index is 1.69. The highest BCUT2D eigenvalue weighted by molar-refractivity contribution is 6.11. The molecule has 1 aliphatic heterocycles. The van der Waals surface area contributed by atoms with E-state index in [1.807, 2.05) is 0 Å². The standard InChI is InChI=1S/C21H18F5N5O3/c1-11-3-15(12-4-14(7-27-5-12)34-9-16(22)23)29-18-17(11)19(32)31(20(18)33-2)13-6-28-30(8-13)10-21(24,25)26/h3-8,16,20H,9-10H2,1-2H3/t20-/m0/s1. The van der Waals surface area contributed by atoms with Crippen LogP contribution in [-0.2, 0) is 11.3 Å². The van der Waals surface area contributed by atoms with Crippen molar-refractivity contribution < 1.29 is 36.2 Å². The molecule has 8 nitrogen and oxygen atoms in total. The van der Waals surface area contributed by atoms with Crippen LogP contribution in [0.25, 0.3) is 11.3 Å². The number of aromatic nitrogens is 4. The summed E-state index contributed by atoms with van der Waals surface area (Å²) < 4.78 is 74.2. The summed E-state index contributed by atoms with van der Waals surface area (Å²) in [5.74, 6) is -0.382. The molecule has 1 atom stereocenters. The fraction of sp³-hybridized carbons (Fsp3) is 0.333. The molecule has 3 aromatic rings. The Morgan fingerprint density at radius 3 is 2.62 bits per heavy atom.